The van der Waals surface area contributed by atoms with Gasteiger partial charge in [-0.05, 0) is 30.3 Å². The Bertz CT molecular complexity index is 747. The van der Waals surface area contributed by atoms with Crippen LogP contribution in [0.15, 0.2) is 54.0 Å². The van der Waals surface area contributed by atoms with Crippen LogP contribution in [0.2, 0.25) is 0 Å². The van der Waals surface area contributed by atoms with Crippen molar-refractivity contribution >= 4 is 27.3 Å². The van der Waals surface area contributed by atoms with E-state index < -0.39 is 0 Å². The van der Waals surface area contributed by atoms with Gasteiger partial charge in [-0.25, -0.2) is 0 Å². The van der Waals surface area contributed by atoms with Crippen LogP contribution in [-0.2, 0) is 6.54 Å². The molecule has 4 heteroatoms. The lowest BCUT2D eigenvalue weighted by Gasteiger charge is -2.00. The first-order valence-electron chi connectivity index (χ1n) is 6.31. The molecule has 2 aromatic carbocycles. The summed E-state index contributed by atoms with van der Waals surface area (Å²) >= 11 is 1.65. The van der Waals surface area contributed by atoms with E-state index in [1.165, 1.54) is 4.70 Å². The quantitative estimate of drug-likeness (QED) is 0.544. The highest BCUT2D eigenvalue weighted by atomic mass is 32.1. The van der Waals surface area contributed by atoms with E-state index in [1.54, 1.807) is 30.6 Å². The number of carbonyl (C=O) groups excluding carboxylic acids is 1. The van der Waals surface area contributed by atoms with Crippen LogP contribution in [0.1, 0.15) is 10.4 Å². The summed E-state index contributed by atoms with van der Waals surface area (Å²) in [5.41, 5.74) is 3.79. The predicted octanol–water partition coefficient (Wildman–Crippen LogP) is 3.08. The van der Waals surface area contributed by atoms with Crippen molar-refractivity contribution in [2.45, 2.75) is 6.54 Å². The Kier molecular flexibility index (Phi) is 3.48. The molecule has 100 valence electrons. The highest BCUT2D eigenvalue weighted by Gasteiger charge is 2.16. The van der Waals surface area contributed by atoms with E-state index in [4.69, 9.17) is 4.74 Å². The fourth-order valence-corrected chi connectivity index (χ4v) is 3.01. The van der Waals surface area contributed by atoms with Crippen LogP contribution in [0.25, 0.3) is 10.2 Å². The highest BCUT2D eigenvalue weighted by molar-refractivity contribution is 7.16. The van der Waals surface area contributed by atoms with Crippen LogP contribution in [0.4, 0.5) is 0 Å². The van der Waals surface area contributed by atoms with Crippen LogP contribution in [0, 0.1) is 0 Å². The van der Waals surface area contributed by atoms with Gasteiger partial charge < -0.3 is 4.74 Å². The van der Waals surface area contributed by atoms with Crippen LogP contribution in [-0.4, -0.2) is 12.9 Å². The minimum Gasteiger partial charge on any atom is -0.497 e. The molecule has 0 unspecified atom stereocenters. The van der Waals surface area contributed by atoms with E-state index in [1.807, 2.05) is 40.4 Å². The number of aromatic nitrogens is 1. The zero-order valence-corrected chi connectivity index (χ0v) is 11.9. The molecule has 3 nitrogen and oxygen atoms in total. The third-order valence-corrected chi connectivity index (χ3v) is 4.17. The van der Waals surface area contributed by atoms with Gasteiger partial charge in [0.1, 0.15) is 10.4 Å². The molecule has 0 fully saturated rings. The van der Waals surface area contributed by atoms with Crippen LogP contribution in [0.3, 0.4) is 0 Å². The van der Waals surface area contributed by atoms with Gasteiger partial charge in [-0.15, -0.1) is 0 Å². The molecule has 0 aliphatic heterocycles. The van der Waals surface area contributed by atoms with E-state index >= 15 is 0 Å². The number of hydrogen-bond acceptors (Lipinski definition) is 3. The van der Waals surface area contributed by atoms with Crippen molar-refractivity contribution in [3.8, 4) is 5.75 Å². The molecule has 0 radical (unpaired) electrons. The molecule has 3 rings (SSSR count). The van der Waals surface area contributed by atoms with Gasteiger partial charge in [-0.3, -0.25) is 4.79 Å². The number of ketones is 1. The molecule has 0 amide bonds. The topological polar surface area (TPSA) is 30.2 Å². The molecular weight excluding hydrogens is 270 g/mol. The lowest BCUT2D eigenvalue weighted by atomic mass is 10.1. The monoisotopic (exact) mass is 284 g/mol. The van der Waals surface area contributed by atoms with Crippen molar-refractivity contribution in [2.75, 3.05) is 7.11 Å². The molecular formula is C16H14NO2S+. The second kappa shape index (κ2) is 5.43. The maximum Gasteiger partial charge on any atom is 0.227 e. The average molecular weight is 284 g/mol. The van der Waals surface area contributed by atoms with E-state index in [-0.39, 0.29) is 5.78 Å². The lowest BCUT2D eigenvalue weighted by Crippen LogP contribution is -2.36. The number of para-hydroxylation sites is 1. The Morgan fingerprint density at radius 2 is 1.90 bits per heavy atom. The summed E-state index contributed by atoms with van der Waals surface area (Å²) in [4.78, 5) is 12.3. The zero-order chi connectivity index (χ0) is 13.9. The zero-order valence-electron chi connectivity index (χ0n) is 11.1. The molecule has 1 heterocycles. The Hall–Kier alpha value is -2.20. The fourth-order valence-electron chi connectivity index (χ4n) is 2.12. The number of Topliss-reactive ketones (excluding diaryl/α,β-unsaturated/α-hetero) is 1. The van der Waals surface area contributed by atoms with Crippen molar-refractivity contribution in [3.63, 3.8) is 0 Å². The summed E-state index contributed by atoms with van der Waals surface area (Å²) in [5, 5.41) is 0. The molecule has 0 saturated heterocycles. The minimum absolute atomic E-state index is 0.0983. The van der Waals surface area contributed by atoms with E-state index in [0.29, 0.717) is 12.1 Å². The van der Waals surface area contributed by atoms with Crippen LogP contribution in [0.5, 0.6) is 5.75 Å². The van der Waals surface area contributed by atoms with Gasteiger partial charge in [0.05, 0.1) is 7.11 Å². The molecule has 0 atom stereocenters. The third-order valence-electron chi connectivity index (χ3n) is 3.21. The number of methoxy groups -OCH3 is 1. The molecule has 20 heavy (non-hydrogen) atoms. The highest BCUT2D eigenvalue weighted by Crippen LogP contribution is 2.16. The number of rotatable bonds is 4. The van der Waals surface area contributed by atoms with Crippen molar-refractivity contribution in [1.29, 1.82) is 0 Å². The summed E-state index contributed by atoms with van der Waals surface area (Å²) in [5.74, 6) is 0.858. The Labute approximate surface area is 121 Å². The normalized spacial score (nSPS) is 10.7. The van der Waals surface area contributed by atoms with E-state index in [9.17, 15) is 4.79 Å². The van der Waals surface area contributed by atoms with E-state index in [0.717, 1.165) is 11.3 Å². The standard InChI is InChI=1S/C16H14NO2S/c1-19-13-8-6-12(7-9-13)15(18)10-17-11-20-16-5-3-2-4-14(16)17/h2-9,11H,10H2,1H3/q+1. The lowest BCUT2D eigenvalue weighted by molar-refractivity contribution is -0.652. The third kappa shape index (κ3) is 2.42. The Morgan fingerprint density at radius 1 is 1.15 bits per heavy atom. The SMILES string of the molecule is COc1ccc(C(=O)C[n+]2csc3ccccc32)cc1. The molecule has 0 bridgehead atoms. The van der Waals surface area contributed by atoms with Gasteiger partial charge in [-0.1, -0.05) is 23.5 Å². The summed E-state index contributed by atoms with van der Waals surface area (Å²) < 4.78 is 8.28. The molecule has 0 spiro atoms. The Morgan fingerprint density at radius 3 is 2.65 bits per heavy atom. The number of fused-ring (bicyclic) bond motifs is 1. The van der Waals surface area contributed by atoms with E-state index in [2.05, 4.69) is 6.07 Å². The number of hydrogen-bond donors (Lipinski definition) is 0. The number of ether oxygens (including phenoxy) is 1. The van der Waals surface area contributed by atoms with Gasteiger partial charge in [-0.2, -0.15) is 4.57 Å². The second-order valence-corrected chi connectivity index (χ2v) is 5.36. The number of benzene rings is 2. The molecule has 1 aromatic heterocycles. The number of nitrogens with zero attached hydrogens (tertiary/aromatic N) is 1. The maximum atomic E-state index is 12.3. The summed E-state index contributed by atoms with van der Waals surface area (Å²) in [6.45, 7) is 0.357. The molecule has 3 aromatic rings. The second-order valence-electron chi connectivity index (χ2n) is 4.47. The number of thiazole rings is 1. The van der Waals surface area contributed by atoms with Crippen molar-refractivity contribution in [3.05, 3.63) is 59.6 Å². The molecule has 0 aliphatic rings. The van der Waals surface area contributed by atoms with Crippen LogP contribution < -0.4 is 9.30 Å². The predicted molar refractivity (Wildman–Crippen MR) is 79.3 cm³/mol. The minimum atomic E-state index is 0.0983. The first kappa shape index (κ1) is 12.8. The summed E-state index contributed by atoms with van der Waals surface area (Å²) in [6.07, 6.45) is 0. The summed E-state index contributed by atoms with van der Waals surface area (Å²) in [6, 6.07) is 15.3. The fraction of sp³-hybridized carbons (Fsp3) is 0.125. The van der Waals surface area contributed by atoms with Gasteiger partial charge in [0.2, 0.25) is 23.4 Å². The van der Waals surface area contributed by atoms with Gasteiger partial charge >= 0.3 is 0 Å². The average Bonchev–Trinajstić information content (AvgIpc) is 2.91. The van der Waals surface area contributed by atoms with Gasteiger partial charge in [0.15, 0.2) is 0 Å². The van der Waals surface area contributed by atoms with Crippen molar-refractivity contribution in [2.24, 2.45) is 0 Å². The Balaban J connectivity index is 1.84. The first-order valence-corrected chi connectivity index (χ1v) is 7.19. The largest absolute Gasteiger partial charge is 0.497 e. The molecule has 0 saturated carbocycles. The number of carbonyl (C=O) groups is 1. The maximum absolute atomic E-state index is 12.3. The molecule has 0 N–H and O–H groups in total. The van der Waals surface area contributed by atoms with Gasteiger partial charge in [0.25, 0.3) is 0 Å². The van der Waals surface area contributed by atoms with Gasteiger partial charge in [0, 0.05) is 11.6 Å². The first-order chi connectivity index (χ1) is 9.78. The van der Waals surface area contributed by atoms with Crippen molar-refractivity contribution in [1.82, 2.24) is 0 Å². The summed E-state index contributed by atoms with van der Waals surface area (Å²) in [7, 11) is 1.62. The molecule has 0 aliphatic carbocycles. The van der Waals surface area contributed by atoms with Crippen molar-refractivity contribution < 1.29 is 14.1 Å². The smallest absolute Gasteiger partial charge is 0.227 e. The van der Waals surface area contributed by atoms with Crippen LogP contribution >= 0.6 is 11.3 Å².